The van der Waals surface area contributed by atoms with Crippen molar-refractivity contribution >= 4 is 22.0 Å². The number of ether oxygens (including phenoxy) is 1. The number of likely N-dealkylation sites (tertiary alicyclic amines) is 1. The van der Waals surface area contributed by atoms with Crippen LogP contribution in [0.1, 0.15) is 40.0 Å². The zero-order chi connectivity index (χ0) is 13.1. The molecule has 1 fully saturated rings. The molecule has 0 atom stereocenters. The van der Waals surface area contributed by atoms with Crippen LogP contribution in [0, 0.1) is 0 Å². The number of nitrogens with zero attached hydrogens (tertiary/aromatic N) is 1. The molecule has 1 amide bonds. The highest BCUT2D eigenvalue weighted by Crippen LogP contribution is 2.27. The molecule has 0 radical (unpaired) electrons. The molecule has 5 heteroatoms. The molecular weight excluding hydrogens is 286 g/mol. The molecule has 1 aliphatic heterocycles. The number of aliphatic hydroxyl groups is 1. The van der Waals surface area contributed by atoms with E-state index in [0.717, 1.165) is 11.8 Å². The van der Waals surface area contributed by atoms with E-state index in [1.54, 1.807) is 4.90 Å². The maximum atomic E-state index is 11.8. The van der Waals surface area contributed by atoms with E-state index in [4.69, 9.17) is 4.74 Å². The third-order valence-electron chi connectivity index (χ3n) is 2.91. The summed E-state index contributed by atoms with van der Waals surface area (Å²) in [6.45, 7) is 6.71. The third-order valence-corrected chi connectivity index (χ3v) is 3.30. The Hall–Kier alpha value is -0.290. The molecule has 1 rings (SSSR count). The lowest BCUT2D eigenvalue weighted by Crippen LogP contribution is -2.48. The fourth-order valence-electron chi connectivity index (χ4n) is 1.86. The van der Waals surface area contributed by atoms with Crippen molar-refractivity contribution in [3.63, 3.8) is 0 Å². The van der Waals surface area contributed by atoms with E-state index in [1.807, 2.05) is 20.8 Å². The third kappa shape index (κ3) is 4.84. The molecule has 0 spiro atoms. The zero-order valence-electron chi connectivity index (χ0n) is 10.8. The maximum Gasteiger partial charge on any atom is 0.410 e. The lowest BCUT2D eigenvalue weighted by Gasteiger charge is -2.38. The molecule has 0 aromatic rings. The van der Waals surface area contributed by atoms with E-state index >= 15 is 0 Å². The fourth-order valence-corrected chi connectivity index (χ4v) is 2.60. The van der Waals surface area contributed by atoms with Crippen LogP contribution >= 0.6 is 15.9 Å². The normalized spacial score (nSPS) is 20.2. The van der Waals surface area contributed by atoms with Gasteiger partial charge in [-0.3, -0.25) is 0 Å². The van der Waals surface area contributed by atoms with Gasteiger partial charge in [-0.15, -0.1) is 0 Å². The largest absolute Gasteiger partial charge is 0.444 e. The van der Waals surface area contributed by atoms with Gasteiger partial charge >= 0.3 is 6.09 Å². The van der Waals surface area contributed by atoms with Gasteiger partial charge in [-0.1, -0.05) is 15.9 Å². The molecule has 4 nitrogen and oxygen atoms in total. The summed E-state index contributed by atoms with van der Waals surface area (Å²) in [5, 5.41) is 11.0. The number of carbonyl (C=O) groups is 1. The van der Waals surface area contributed by atoms with E-state index in [0.29, 0.717) is 25.9 Å². The van der Waals surface area contributed by atoms with Gasteiger partial charge in [-0.05, 0) is 40.0 Å². The first-order valence-corrected chi connectivity index (χ1v) is 7.14. The van der Waals surface area contributed by atoms with Gasteiger partial charge in [0.2, 0.25) is 0 Å². The van der Waals surface area contributed by atoms with Crippen molar-refractivity contribution in [3.8, 4) is 0 Å². The molecule has 1 N–H and O–H groups in total. The SMILES string of the molecule is CC(C)(C)OC(=O)N1CCC(O)(CCBr)CC1. The van der Waals surface area contributed by atoms with E-state index in [-0.39, 0.29) is 6.09 Å². The summed E-state index contributed by atoms with van der Waals surface area (Å²) in [5.74, 6) is 0. The predicted molar refractivity (Wildman–Crippen MR) is 70.4 cm³/mol. The fraction of sp³-hybridized carbons (Fsp3) is 0.917. The van der Waals surface area contributed by atoms with Crippen molar-refractivity contribution in [1.29, 1.82) is 0 Å². The van der Waals surface area contributed by atoms with Gasteiger partial charge in [0, 0.05) is 18.4 Å². The molecule has 1 saturated heterocycles. The number of halogens is 1. The van der Waals surface area contributed by atoms with Crippen LogP contribution in [0.25, 0.3) is 0 Å². The van der Waals surface area contributed by atoms with E-state index in [2.05, 4.69) is 15.9 Å². The Kier molecular flexibility index (Phi) is 4.84. The lowest BCUT2D eigenvalue weighted by atomic mass is 9.89. The minimum atomic E-state index is -0.623. The Labute approximate surface area is 111 Å². The molecule has 0 unspecified atom stereocenters. The van der Waals surface area contributed by atoms with E-state index in [9.17, 15) is 9.90 Å². The van der Waals surface area contributed by atoms with Crippen LogP contribution in [-0.2, 0) is 4.74 Å². The summed E-state index contributed by atoms with van der Waals surface area (Å²) in [5.41, 5.74) is -1.08. The first-order valence-electron chi connectivity index (χ1n) is 6.02. The summed E-state index contributed by atoms with van der Waals surface area (Å²) >= 11 is 3.34. The topological polar surface area (TPSA) is 49.8 Å². The Bertz CT molecular complexity index is 267. The number of hydrogen-bond acceptors (Lipinski definition) is 3. The molecular formula is C12H22BrNO3. The Morgan fingerprint density at radius 2 is 1.94 bits per heavy atom. The Morgan fingerprint density at radius 1 is 1.41 bits per heavy atom. The first-order chi connectivity index (χ1) is 7.76. The smallest absolute Gasteiger partial charge is 0.410 e. The summed E-state index contributed by atoms with van der Waals surface area (Å²) < 4.78 is 5.30. The number of hydrogen-bond donors (Lipinski definition) is 1. The number of rotatable bonds is 2. The standard InChI is InChI=1S/C12H22BrNO3/c1-11(2,3)17-10(15)14-8-5-12(16,4-7-13)6-9-14/h16H,4-9H2,1-3H3. The molecule has 0 aromatic carbocycles. The van der Waals surface area contributed by atoms with Crippen molar-refractivity contribution in [2.75, 3.05) is 18.4 Å². The first kappa shape index (κ1) is 14.8. The average molecular weight is 308 g/mol. The molecule has 0 aromatic heterocycles. The molecule has 17 heavy (non-hydrogen) atoms. The average Bonchev–Trinajstić information content (AvgIpc) is 2.15. The highest BCUT2D eigenvalue weighted by molar-refractivity contribution is 9.09. The van der Waals surface area contributed by atoms with Gasteiger partial charge in [-0.2, -0.15) is 0 Å². The van der Waals surface area contributed by atoms with Gasteiger partial charge in [0.05, 0.1) is 5.60 Å². The summed E-state index contributed by atoms with van der Waals surface area (Å²) in [6.07, 6.45) is 1.70. The number of carbonyl (C=O) groups excluding carboxylic acids is 1. The van der Waals surface area contributed by atoms with Gasteiger partial charge in [0.25, 0.3) is 0 Å². The highest BCUT2D eigenvalue weighted by Gasteiger charge is 2.34. The van der Waals surface area contributed by atoms with Gasteiger partial charge in [-0.25, -0.2) is 4.79 Å². The monoisotopic (exact) mass is 307 g/mol. The molecule has 1 aliphatic rings. The molecule has 0 bridgehead atoms. The van der Waals surface area contributed by atoms with Crippen molar-refractivity contribution < 1.29 is 14.6 Å². The van der Waals surface area contributed by atoms with E-state index < -0.39 is 11.2 Å². The molecule has 0 saturated carbocycles. The van der Waals surface area contributed by atoms with Crippen LogP contribution in [0.5, 0.6) is 0 Å². The van der Waals surface area contributed by atoms with Crippen LogP contribution in [-0.4, -0.2) is 45.7 Å². The van der Waals surface area contributed by atoms with Crippen molar-refractivity contribution in [3.05, 3.63) is 0 Å². The second-order valence-electron chi connectivity index (χ2n) is 5.63. The second-order valence-corrected chi connectivity index (χ2v) is 6.42. The van der Waals surface area contributed by atoms with Crippen LogP contribution in [0.3, 0.4) is 0 Å². The van der Waals surface area contributed by atoms with Crippen LogP contribution in [0.15, 0.2) is 0 Å². The maximum absolute atomic E-state index is 11.8. The van der Waals surface area contributed by atoms with Crippen LogP contribution in [0.4, 0.5) is 4.79 Å². The zero-order valence-corrected chi connectivity index (χ0v) is 12.4. The quantitative estimate of drug-likeness (QED) is 0.798. The van der Waals surface area contributed by atoms with Crippen LogP contribution in [0.2, 0.25) is 0 Å². The summed E-state index contributed by atoms with van der Waals surface area (Å²) in [7, 11) is 0. The molecule has 1 heterocycles. The van der Waals surface area contributed by atoms with Crippen molar-refractivity contribution in [1.82, 2.24) is 4.90 Å². The highest BCUT2D eigenvalue weighted by atomic mass is 79.9. The Balaban J connectivity index is 2.44. The van der Waals surface area contributed by atoms with Gasteiger partial charge < -0.3 is 14.7 Å². The van der Waals surface area contributed by atoms with Crippen LogP contribution < -0.4 is 0 Å². The van der Waals surface area contributed by atoms with Crippen molar-refractivity contribution in [2.45, 2.75) is 51.2 Å². The van der Waals surface area contributed by atoms with E-state index in [1.165, 1.54) is 0 Å². The lowest BCUT2D eigenvalue weighted by molar-refractivity contribution is -0.0330. The van der Waals surface area contributed by atoms with Gasteiger partial charge in [0.15, 0.2) is 0 Å². The minimum absolute atomic E-state index is 0.279. The number of amides is 1. The number of alkyl halides is 1. The number of piperidine rings is 1. The summed E-state index contributed by atoms with van der Waals surface area (Å²) in [6, 6.07) is 0. The molecule has 0 aliphatic carbocycles. The predicted octanol–water partition coefficient (Wildman–Crippen LogP) is 2.53. The minimum Gasteiger partial charge on any atom is -0.444 e. The second kappa shape index (κ2) is 5.57. The Morgan fingerprint density at radius 3 is 2.35 bits per heavy atom. The van der Waals surface area contributed by atoms with Gasteiger partial charge in [0.1, 0.15) is 5.60 Å². The summed E-state index contributed by atoms with van der Waals surface area (Å²) in [4.78, 5) is 13.5. The van der Waals surface area contributed by atoms with Crippen molar-refractivity contribution in [2.24, 2.45) is 0 Å². The molecule has 100 valence electrons.